The topological polar surface area (TPSA) is 40.5 Å². The van der Waals surface area contributed by atoms with E-state index >= 15 is 0 Å². The number of aliphatic hydroxyl groups excluding tert-OH is 2. The third kappa shape index (κ3) is 2.89. The van der Waals surface area contributed by atoms with Gasteiger partial charge in [0, 0.05) is 6.61 Å². The lowest BCUT2D eigenvalue weighted by molar-refractivity contribution is -0.129. The smallest absolute Gasteiger partial charge is 0.0543 e. The van der Waals surface area contributed by atoms with Gasteiger partial charge in [-0.1, -0.05) is 20.8 Å². The minimum atomic E-state index is -0.0262. The first kappa shape index (κ1) is 19.2. The molecule has 0 aromatic rings. The standard InChI is InChI=1S/C24H42O2/c1-16(5-4-14-25)20-8-9-21-19-7-6-17-15-18(26)10-12-23(17,2)22(19)11-13-24(20,21)3/h16-22,25-26H,4-15H2,1-3H3/t16?,17-,18-,19?,20?,21+,22?,23+,24-/m1/s1. The summed E-state index contributed by atoms with van der Waals surface area (Å²) in [5.41, 5.74) is 1.05. The van der Waals surface area contributed by atoms with Crippen LogP contribution in [-0.2, 0) is 0 Å². The van der Waals surface area contributed by atoms with Crippen molar-refractivity contribution < 1.29 is 10.2 Å². The highest BCUT2D eigenvalue weighted by Gasteiger charge is 2.60. The first-order valence-electron chi connectivity index (χ1n) is 11.7. The zero-order valence-corrected chi connectivity index (χ0v) is 17.4. The third-order valence-corrected chi connectivity index (χ3v) is 10.2. The van der Waals surface area contributed by atoms with Gasteiger partial charge in [-0.05, 0) is 117 Å². The quantitative estimate of drug-likeness (QED) is 0.701. The maximum atomic E-state index is 10.2. The highest BCUT2D eigenvalue weighted by molar-refractivity contribution is 5.09. The van der Waals surface area contributed by atoms with Crippen LogP contribution in [0.1, 0.15) is 91.4 Å². The molecule has 4 aliphatic carbocycles. The Balaban J connectivity index is 1.52. The Bertz CT molecular complexity index is 504. The summed E-state index contributed by atoms with van der Waals surface area (Å²) < 4.78 is 0. The van der Waals surface area contributed by atoms with E-state index in [0.717, 1.165) is 54.8 Å². The second-order valence-electron chi connectivity index (χ2n) is 11.2. The average Bonchev–Trinajstić information content (AvgIpc) is 2.97. The van der Waals surface area contributed by atoms with Crippen molar-refractivity contribution >= 4 is 0 Å². The number of hydrogen-bond acceptors (Lipinski definition) is 2. The van der Waals surface area contributed by atoms with Gasteiger partial charge in [-0.3, -0.25) is 0 Å². The van der Waals surface area contributed by atoms with Crippen molar-refractivity contribution in [1.29, 1.82) is 0 Å². The highest BCUT2D eigenvalue weighted by Crippen LogP contribution is 2.68. The molecule has 9 atom stereocenters. The monoisotopic (exact) mass is 362 g/mol. The van der Waals surface area contributed by atoms with Gasteiger partial charge in [0.05, 0.1) is 6.10 Å². The summed E-state index contributed by atoms with van der Waals surface area (Å²) in [5.74, 6) is 5.22. The molecular formula is C24H42O2. The fraction of sp³-hybridized carbons (Fsp3) is 1.00. The molecule has 0 aromatic carbocycles. The Labute approximate surface area is 161 Å². The lowest BCUT2D eigenvalue weighted by Crippen LogP contribution is -2.54. The largest absolute Gasteiger partial charge is 0.396 e. The van der Waals surface area contributed by atoms with Crippen molar-refractivity contribution in [2.24, 2.45) is 46.3 Å². The molecule has 0 saturated heterocycles. The van der Waals surface area contributed by atoms with Gasteiger partial charge in [0.1, 0.15) is 0 Å². The van der Waals surface area contributed by atoms with Gasteiger partial charge in [-0.25, -0.2) is 0 Å². The third-order valence-electron chi connectivity index (χ3n) is 10.2. The predicted molar refractivity (Wildman–Crippen MR) is 107 cm³/mol. The van der Waals surface area contributed by atoms with Gasteiger partial charge in [0.15, 0.2) is 0 Å². The molecule has 4 saturated carbocycles. The number of rotatable bonds is 4. The maximum Gasteiger partial charge on any atom is 0.0543 e. The van der Waals surface area contributed by atoms with E-state index in [0.29, 0.717) is 17.4 Å². The van der Waals surface area contributed by atoms with Crippen LogP contribution in [0.25, 0.3) is 0 Å². The molecule has 0 aromatic heterocycles. The van der Waals surface area contributed by atoms with E-state index in [1.165, 1.54) is 51.4 Å². The first-order valence-corrected chi connectivity index (χ1v) is 11.7. The van der Waals surface area contributed by atoms with Crippen molar-refractivity contribution in [3.05, 3.63) is 0 Å². The summed E-state index contributed by atoms with van der Waals surface area (Å²) in [4.78, 5) is 0. The van der Waals surface area contributed by atoms with Gasteiger partial charge >= 0.3 is 0 Å². The van der Waals surface area contributed by atoms with Crippen LogP contribution in [0, 0.1) is 46.3 Å². The number of fused-ring (bicyclic) bond motifs is 5. The Morgan fingerprint density at radius 1 is 0.923 bits per heavy atom. The molecular weight excluding hydrogens is 320 g/mol. The van der Waals surface area contributed by atoms with Gasteiger partial charge in [-0.15, -0.1) is 0 Å². The second kappa shape index (κ2) is 7.07. The molecule has 4 unspecified atom stereocenters. The molecule has 0 spiro atoms. The molecule has 2 nitrogen and oxygen atoms in total. The van der Waals surface area contributed by atoms with E-state index in [9.17, 15) is 10.2 Å². The normalized spacial score (nSPS) is 52.0. The molecule has 4 rings (SSSR count). The summed E-state index contributed by atoms with van der Waals surface area (Å²) in [6.45, 7) is 8.05. The first-order chi connectivity index (χ1) is 12.4. The van der Waals surface area contributed by atoms with Crippen molar-refractivity contribution in [2.45, 2.75) is 97.5 Å². The van der Waals surface area contributed by atoms with Crippen molar-refractivity contribution in [2.75, 3.05) is 6.61 Å². The van der Waals surface area contributed by atoms with E-state index in [1.807, 2.05) is 0 Å². The summed E-state index contributed by atoms with van der Waals surface area (Å²) >= 11 is 0. The maximum absolute atomic E-state index is 10.2. The van der Waals surface area contributed by atoms with Crippen LogP contribution in [0.3, 0.4) is 0 Å². The number of hydrogen-bond donors (Lipinski definition) is 2. The minimum absolute atomic E-state index is 0.0262. The molecule has 0 amide bonds. The van der Waals surface area contributed by atoms with Crippen LogP contribution in [0.5, 0.6) is 0 Å². The van der Waals surface area contributed by atoms with Crippen LogP contribution >= 0.6 is 0 Å². The molecule has 2 heteroatoms. The van der Waals surface area contributed by atoms with E-state index in [4.69, 9.17) is 0 Å². The number of aliphatic hydroxyl groups is 2. The van der Waals surface area contributed by atoms with Crippen LogP contribution in [0.2, 0.25) is 0 Å². The molecule has 2 N–H and O–H groups in total. The highest BCUT2D eigenvalue weighted by atomic mass is 16.3. The summed E-state index contributed by atoms with van der Waals surface area (Å²) in [7, 11) is 0. The van der Waals surface area contributed by atoms with E-state index in [-0.39, 0.29) is 6.10 Å². The minimum Gasteiger partial charge on any atom is -0.396 e. The molecule has 4 aliphatic rings. The van der Waals surface area contributed by atoms with E-state index < -0.39 is 0 Å². The lowest BCUT2D eigenvalue weighted by atomic mass is 9.44. The van der Waals surface area contributed by atoms with Gasteiger partial charge < -0.3 is 10.2 Å². The van der Waals surface area contributed by atoms with Gasteiger partial charge in [-0.2, -0.15) is 0 Å². The summed E-state index contributed by atoms with van der Waals surface area (Å²) in [6.07, 6.45) is 14.1. The second-order valence-corrected chi connectivity index (χ2v) is 11.2. The Kier molecular flexibility index (Phi) is 5.23. The zero-order valence-electron chi connectivity index (χ0n) is 17.4. The predicted octanol–water partition coefficient (Wildman–Crippen LogP) is 5.41. The average molecular weight is 363 g/mol. The Hall–Kier alpha value is -0.0800. The molecule has 150 valence electrons. The molecule has 0 radical (unpaired) electrons. The Morgan fingerprint density at radius 3 is 2.42 bits per heavy atom. The molecule has 4 fully saturated rings. The van der Waals surface area contributed by atoms with Gasteiger partial charge in [0.25, 0.3) is 0 Å². The molecule has 0 heterocycles. The van der Waals surface area contributed by atoms with Crippen LogP contribution < -0.4 is 0 Å². The van der Waals surface area contributed by atoms with E-state index in [2.05, 4.69) is 20.8 Å². The van der Waals surface area contributed by atoms with Crippen LogP contribution in [0.15, 0.2) is 0 Å². The lowest BCUT2D eigenvalue weighted by Gasteiger charge is -2.61. The molecule has 0 aliphatic heterocycles. The zero-order chi connectivity index (χ0) is 18.5. The fourth-order valence-corrected chi connectivity index (χ4v) is 8.83. The van der Waals surface area contributed by atoms with Crippen LogP contribution in [-0.4, -0.2) is 22.9 Å². The summed E-state index contributed by atoms with van der Waals surface area (Å²) in [6, 6.07) is 0. The van der Waals surface area contributed by atoms with E-state index in [1.54, 1.807) is 0 Å². The van der Waals surface area contributed by atoms with Gasteiger partial charge in [0.2, 0.25) is 0 Å². The van der Waals surface area contributed by atoms with Crippen molar-refractivity contribution in [3.8, 4) is 0 Å². The molecule has 0 bridgehead atoms. The molecule has 26 heavy (non-hydrogen) atoms. The van der Waals surface area contributed by atoms with Crippen molar-refractivity contribution in [3.63, 3.8) is 0 Å². The van der Waals surface area contributed by atoms with Crippen molar-refractivity contribution in [1.82, 2.24) is 0 Å². The summed E-state index contributed by atoms with van der Waals surface area (Å²) in [5, 5.41) is 19.4. The van der Waals surface area contributed by atoms with Crippen LogP contribution in [0.4, 0.5) is 0 Å². The SMILES string of the molecule is CC(CCCO)C1CC[C@H]2C3CC[C@@H]4C[C@H](O)CC[C@]4(C)C3CC[C@]12C. The Morgan fingerprint density at radius 2 is 1.65 bits per heavy atom. The fourth-order valence-electron chi connectivity index (χ4n) is 8.83.